The van der Waals surface area contributed by atoms with Crippen LogP contribution in [0.2, 0.25) is 0 Å². The lowest BCUT2D eigenvalue weighted by Crippen LogP contribution is -2.44. The van der Waals surface area contributed by atoms with Crippen molar-refractivity contribution in [3.63, 3.8) is 0 Å². The topological polar surface area (TPSA) is 79.5 Å². The van der Waals surface area contributed by atoms with Gasteiger partial charge in [-0.3, -0.25) is 9.59 Å². The number of hydrogen-bond acceptors (Lipinski definition) is 4. The number of carbonyl (C=O) groups excluding carboxylic acids is 3. The molecule has 0 fully saturated rings. The number of amides is 1. The molecule has 0 aliphatic carbocycles. The largest absolute Gasteiger partial charge is 0.464 e. The fraction of sp³-hybridized carbons (Fsp3) is 0.409. The van der Waals surface area contributed by atoms with Gasteiger partial charge in [-0.2, -0.15) is 0 Å². The zero-order chi connectivity index (χ0) is 21.0. The van der Waals surface area contributed by atoms with Crippen LogP contribution in [0.1, 0.15) is 68.3 Å². The fourth-order valence-corrected chi connectivity index (χ4v) is 3.35. The Bertz CT molecular complexity index is 881. The minimum absolute atomic E-state index is 0.179. The molecule has 0 spiro atoms. The number of H-pyrrole nitrogens is 1. The van der Waals surface area contributed by atoms with Crippen LogP contribution in [0, 0.1) is 20.8 Å². The van der Waals surface area contributed by atoms with Crippen molar-refractivity contribution >= 4 is 17.7 Å². The van der Waals surface area contributed by atoms with E-state index in [1.165, 1.54) is 7.11 Å². The lowest BCUT2D eigenvalue weighted by atomic mass is 9.99. The van der Waals surface area contributed by atoms with Gasteiger partial charge >= 0.3 is 5.97 Å². The third-order valence-electron chi connectivity index (χ3n) is 4.94. The van der Waals surface area contributed by atoms with Crippen LogP contribution in [-0.4, -0.2) is 47.2 Å². The number of benzene rings is 1. The van der Waals surface area contributed by atoms with Crippen molar-refractivity contribution in [2.45, 2.75) is 47.1 Å². The molecule has 150 valence electrons. The first-order valence-electron chi connectivity index (χ1n) is 9.42. The standard InChI is InChI=1S/C22H28N2O4/c1-7-12-24(21(26)17-10-8-13(2)9-11-17)16(5)20(25)18-14(3)19(22(27)28-6)23-15(18)4/h8-11,16,23H,7,12H2,1-6H3/t16-/m0/s1. The van der Waals surface area contributed by atoms with E-state index in [9.17, 15) is 14.4 Å². The van der Waals surface area contributed by atoms with Crippen LogP contribution in [0.15, 0.2) is 24.3 Å². The highest BCUT2D eigenvalue weighted by Gasteiger charge is 2.31. The summed E-state index contributed by atoms with van der Waals surface area (Å²) >= 11 is 0. The highest BCUT2D eigenvalue weighted by molar-refractivity contribution is 6.07. The van der Waals surface area contributed by atoms with Crippen molar-refractivity contribution in [2.24, 2.45) is 0 Å². The van der Waals surface area contributed by atoms with Gasteiger partial charge in [0.15, 0.2) is 5.78 Å². The van der Waals surface area contributed by atoms with E-state index in [1.54, 1.807) is 37.8 Å². The Morgan fingerprint density at radius 1 is 1.11 bits per heavy atom. The quantitative estimate of drug-likeness (QED) is 0.581. The van der Waals surface area contributed by atoms with Crippen LogP contribution < -0.4 is 0 Å². The van der Waals surface area contributed by atoms with Gasteiger partial charge in [0, 0.05) is 23.4 Å². The molecule has 1 atom stereocenters. The minimum atomic E-state index is -0.660. The lowest BCUT2D eigenvalue weighted by molar-refractivity contribution is 0.0592. The highest BCUT2D eigenvalue weighted by Crippen LogP contribution is 2.23. The number of ketones is 1. The van der Waals surface area contributed by atoms with Crippen LogP contribution in [-0.2, 0) is 4.74 Å². The van der Waals surface area contributed by atoms with Crippen molar-refractivity contribution < 1.29 is 19.1 Å². The summed E-state index contributed by atoms with van der Waals surface area (Å²) in [7, 11) is 1.30. The number of methoxy groups -OCH3 is 1. The Hall–Kier alpha value is -2.89. The molecular formula is C22H28N2O4. The van der Waals surface area contributed by atoms with E-state index in [0.717, 1.165) is 12.0 Å². The van der Waals surface area contributed by atoms with Crippen LogP contribution in [0.4, 0.5) is 0 Å². The lowest BCUT2D eigenvalue weighted by Gasteiger charge is -2.28. The summed E-state index contributed by atoms with van der Waals surface area (Å²) in [6.07, 6.45) is 0.730. The van der Waals surface area contributed by atoms with Crippen molar-refractivity contribution in [3.8, 4) is 0 Å². The number of nitrogens with zero attached hydrogens (tertiary/aromatic N) is 1. The maximum absolute atomic E-state index is 13.3. The Morgan fingerprint density at radius 3 is 2.25 bits per heavy atom. The van der Waals surface area contributed by atoms with Crippen molar-refractivity contribution in [3.05, 3.63) is 57.9 Å². The molecule has 1 N–H and O–H groups in total. The molecule has 0 bridgehead atoms. The molecule has 0 aliphatic heterocycles. The van der Waals surface area contributed by atoms with E-state index >= 15 is 0 Å². The summed E-state index contributed by atoms with van der Waals surface area (Å²) in [6.45, 7) is 9.57. The first-order valence-corrected chi connectivity index (χ1v) is 9.42. The summed E-state index contributed by atoms with van der Waals surface area (Å²) in [5, 5.41) is 0. The van der Waals surface area contributed by atoms with Gasteiger partial charge < -0.3 is 14.6 Å². The van der Waals surface area contributed by atoms with Gasteiger partial charge in [-0.1, -0.05) is 24.6 Å². The molecule has 1 heterocycles. The predicted octanol–water partition coefficient (Wildman–Crippen LogP) is 3.85. The Morgan fingerprint density at radius 2 is 1.71 bits per heavy atom. The monoisotopic (exact) mass is 384 g/mol. The molecule has 0 aliphatic rings. The number of ether oxygens (including phenoxy) is 1. The van der Waals surface area contributed by atoms with Crippen molar-refractivity contribution in [1.29, 1.82) is 0 Å². The number of Topliss-reactive ketones (excluding diaryl/α,β-unsaturated/α-hetero) is 1. The third-order valence-corrected chi connectivity index (χ3v) is 4.94. The second kappa shape index (κ2) is 8.87. The Kier molecular flexibility index (Phi) is 6.78. The highest BCUT2D eigenvalue weighted by atomic mass is 16.5. The molecule has 2 aromatic rings. The molecule has 0 saturated carbocycles. The maximum Gasteiger partial charge on any atom is 0.354 e. The number of esters is 1. The Balaban J connectivity index is 2.37. The summed E-state index contributed by atoms with van der Waals surface area (Å²) in [5.74, 6) is -0.898. The molecule has 1 amide bonds. The molecule has 6 heteroatoms. The van der Waals surface area contributed by atoms with Crippen molar-refractivity contribution in [2.75, 3.05) is 13.7 Å². The fourth-order valence-electron chi connectivity index (χ4n) is 3.35. The molecule has 0 saturated heterocycles. The molecule has 28 heavy (non-hydrogen) atoms. The molecule has 0 radical (unpaired) electrons. The average molecular weight is 384 g/mol. The smallest absolute Gasteiger partial charge is 0.354 e. The molecule has 1 aromatic heterocycles. The third kappa shape index (κ3) is 4.16. The SMILES string of the molecule is CCCN(C(=O)c1ccc(C)cc1)[C@@H](C)C(=O)c1c(C)[nH]c(C(=O)OC)c1C. The van der Waals surface area contributed by atoms with Crippen LogP contribution in [0.3, 0.4) is 0 Å². The van der Waals surface area contributed by atoms with E-state index < -0.39 is 12.0 Å². The number of nitrogens with one attached hydrogen (secondary N) is 1. The van der Waals surface area contributed by atoms with Gasteiger partial charge in [0.05, 0.1) is 13.2 Å². The first-order chi connectivity index (χ1) is 13.2. The second-order valence-corrected chi connectivity index (χ2v) is 7.02. The minimum Gasteiger partial charge on any atom is -0.464 e. The molecule has 2 rings (SSSR count). The number of hydrogen-bond donors (Lipinski definition) is 1. The number of aromatic amines is 1. The van der Waals surface area contributed by atoms with Gasteiger partial charge in [0.1, 0.15) is 5.69 Å². The summed E-state index contributed by atoms with van der Waals surface area (Å²) in [5.41, 5.74) is 3.45. The number of aromatic nitrogens is 1. The van der Waals surface area contributed by atoms with E-state index in [0.29, 0.717) is 28.9 Å². The van der Waals surface area contributed by atoms with E-state index in [2.05, 4.69) is 4.98 Å². The van der Waals surface area contributed by atoms with Gasteiger partial charge in [-0.05, 0) is 51.8 Å². The normalized spacial score (nSPS) is 11.8. The van der Waals surface area contributed by atoms with Crippen LogP contribution >= 0.6 is 0 Å². The van der Waals surface area contributed by atoms with Crippen LogP contribution in [0.25, 0.3) is 0 Å². The van der Waals surface area contributed by atoms with Gasteiger partial charge in [-0.15, -0.1) is 0 Å². The maximum atomic E-state index is 13.3. The summed E-state index contributed by atoms with van der Waals surface area (Å²) < 4.78 is 4.77. The molecular weight excluding hydrogens is 356 g/mol. The second-order valence-electron chi connectivity index (χ2n) is 7.02. The number of carbonyl (C=O) groups is 3. The van der Waals surface area contributed by atoms with E-state index in [-0.39, 0.29) is 17.4 Å². The zero-order valence-electron chi connectivity index (χ0n) is 17.4. The van der Waals surface area contributed by atoms with Crippen LogP contribution in [0.5, 0.6) is 0 Å². The zero-order valence-corrected chi connectivity index (χ0v) is 17.4. The number of rotatable bonds is 7. The molecule has 1 aromatic carbocycles. The van der Waals surface area contributed by atoms with Gasteiger partial charge in [0.25, 0.3) is 5.91 Å². The summed E-state index contributed by atoms with van der Waals surface area (Å²) in [4.78, 5) is 42.7. The van der Waals surface area contributed by atoms with E-state index in [1.807, 2.05) is 26.0 Å². The van der Waals surface area contributed by atoms with Gasteiger partial charge in [-0.25, -0.2) is 4.79 Å². The summed E-state index contributed by atoms with van der Waals surface area (Å²) in [6, 6.07) is 6.66. The average Bonchev–Trinajstić information content (AvgIpc) is 2.98. The van der Waals surface area contributed by atoms with Gasteiger partial charge in [0.2, 0.25) is 0 Å². The number of aryl methyl sites for hydroxylation is 2. The van der Waals surface area contributed by atoms with Crippen molar-refractivity contribution in [1.82, 2.24) is 9.88 Å². The predicted molar refractivity (Wildman–Crippen MR) is 108 cm³/mol. The molecule has 6 nitrogen and oxygen atoms in total. The van der Waals surface area contributed by atoms with E-state index in [4.69, 9.17) is 4.74 Å². The first kappa shape index (κ1) is 21.4. The molecule has 0 unspecified atom stereocenters. The Labute approximate surface area is 165 Å².